The van der Waals surface area contributed by atoms with Gasteiger partial charge < -0.3 is 21.9 Å². The van der Waals surface area contributed by atoms with Crippen molar-refractivity contribution in [2.45, 2.75) is 0 Å². The standard InChI is InChI=1S/C8H13N3O/c9-7-2-1-6(5-8(7)10)11-3-4-12/h1-2,5,11-12H,3-4,9-10H2. The van der Waals surface area contributed by atoms with Crippen molar-refractivity contribution >= 4 is 17.1 Å². The highest BCUT2D eigenvalue weighted by Gasteiger charge is 1.95. The molecule has 4 heteroatoms. The van der Waals surface area contributed by atoms with E-state index in [0.29, 0.717) is 17.9 Å². The summed E-state index contributed by atoms with van der Waals surface area (Å²) < 4.78 is 0. The van der Waals surface area contributed by atoms with Crippen molar-refractivity contribution in [2.24, 2.45) is 0 Å². The second-order valence-corrected chi connectivity index (χ2v) is 2.49. The highest BCUT2D eigenvalue weighted by Crippen LogP contribution is 2.18. The van der Waals surface area contributed by atoms with Crippen LogP contribution in [-0.4, -0.2) is 18.3 Å². The van der Waals surface area contributed by atoms with E-state index in [9.17, 15) is 0 Å². The summed E-state index contributed by atoms with van der Waals surface area (Å²) in [7, 11) is 0. The lowest BCUT2D eigenvalue weighted by Gasteiger charge is -2.06. The molecule has 0 atom stereocenters. The van der Waals surface area contributed by atoms with Crippen LogP contribution in [0.2, 0.25) is 0 Å². The Morgan fingerprint density at radius 3 is 2.58 bits per heavy atom. The summed E-state index contributed by atoms with van der Waals surface area (Å²) in [5.41, 5.74) is 13.1. The number of benzene rings is 1. The van der Waals surface area contributed by atoms with E-state index in [4.69, 9.17) is 16.6 Å². The molecule has 0 fully saturated rings. The number of rotatable bonds is 3. The topological polar surface area (TPSA) is 84.3 Å². The molecule has 0 amide bonds. The smallest absolute Gasteiger partial charge is 0.0604 e. The lowest BCUT2D eigenvalue weighted by atomic mass is 10.2. The maximum Gasteiger partial charge on any atom is 0.0604 e. The quantitative estimate of drug-likeness (QED) is 0.486. The Morgan fingerprint density at radius 1 is 1.25 bits per heavy atom. The Bertz CT molecular complexity index is 262. The van der Waals surface area contributed by atoms with Gasteiger partial charge in [-0.05, 0) is 18.2 Å². The van der Waals surface area contributed by atoms with Crippen molar-refractivity contribution < 1.29 is 5.11 Å². The first-order valence-corrected chi connectivity index (χ1v) is 3.74. The van der Waals surface area contributed by atoms with Crippen LogP contribution in [0, 0.1) is 0 Å². The molecular formula is C8H13N3O. The average Bonchev–Trinajstić information content (AvgIpc) is 2.07. The van der Waals surface area contributed by atoms with E-state index in [1.807, 2.05) is 6.07 Å². The Kier molecular flexibility index (Phi) is 2.76. The van der Waals surface area contributed by atoms with E-state index in [2.05, 4.69) is 5.32 Å². The van der Waals surface area contributed by atoms with Crippen LogP contribution in [0.15, 0.2) is 18.2 Å². The normalized spacial score (nSPS) is 9.75. The fourth-order valence-corrected chi connectivity index (χ4v) is 0.885. The number of nitrogens with one attached hydrogen (secondary N) is 1. The van der Waals surface area contributed by atoms with Crippen molar-refractivity contribution in [1.82, 2.24) is 0 Å². The molecule has 1 rings (SSSR count). The van der Waals surface area contributed by atoms with Crippen molar-refractivity contribution in [3.05, 3.63) is 18.2 Å². The Labute approximate surface area is 71.2 Å². The van der Waals surface area contributed by atoms with Gasteiger partial charge in [-0.25, -0.2) is 0 Å². The molecule has 6 N–H and O–H groups in total. The summed E-state index contributed by atoms with van der Waals surface area (Å²) in [4.78, 5) is 0. The van der Waals surface area contributed by atoms with E-state index in [-0.39, 0.29) is 6.61 Å². The van der Waals surface area contributed by atoms with Crippen molar-refractivity contribution in [3.8, 4) is 0 Å². The number of nitrogen functional groups attached to an aromatic ring is 2. The van der Waals surface area contributed by atoms with Crippen molar-refractivity contribution in [2.75, 3.05) is 29.9 Å². The van der Waals surface area contributed by atoms with Gasteiger partial charge in [0.15, 0.2) is 0 Å². The zero-order valence-corrected chi connectivity index (χ0v) is 6.75. The van der Waals surface area contributed by atoms with Gasteiger partial charge in [0.2, 0.25) is 0 Å². The number of hydrogen-bond acceptors (Lipinski definition) is 4. The molecule has 0 spiro atoms. The SMILES string of the molecule is Nc1ccc(NCCO)cc1N. The van der Waals surface area contributed by atoms with Crippen molar-refractivity contribution in [1.29, 1.82) is 0 Å². The van der Waals surface area contributed by atoms with Crippen molar-refractivity contribution in [3.63, 3.8) is 0 Å². The van der Waals surface area contributed by atoms with Gasteiger partial charge in [-0.2, -0.15) is 0 Å². The first-order chi connectivity index (χ1) is 5.74. The molecule has 12 heavy (non-hydrogen) atoms. The maximum atomic E-state index is 8.53. The van der Waals surface area contributed by atoms with Crippen LogP contribution in [-0.2, 0) is 0 Å². The van der Waals surface area contributed by atoms with Gasteiger partial charge in [-0.1, -0.05) is 0 Å². The van der Waals surface area contributed by atoms with E-state index < -0.39 is 0 Å². The summed E-state index contributed by atoms with van der Waals surface area (Å²) in [6.07, 6.45) is 0. The summed E-state index contributed by atoms with van der Waals surface area (Å²) in [5, 5.41) is 11.5. The minimum atomic E-state index is 0.101. The highest BCUT2D eigenvalue weighted by molar-refractivity contribution is 5.69. The zero-order valence-electron chi connectivity index (χ0n) is 6.75. The predicted octanol–water partition coefficient (Wildman–Crippen LogP) is 0.255. The third-order valence-electron chi connectivity index (χ3n) is 1.53. The molecule has 0 aromatic heterocycles. The van der Waals surface area contributed by atoms with E-state index in [1.165, 1.54) is 0 Å². The lowest BCUT2D eigenvalue weighted by molar-refractivity contribution is 0.311. The molecule has 0 saturated heterocycles. The Hall–Kier alpha value is -1.42. The lowest BCUT2D eigenvalue weighted by Crippen LogP contribution is -2.06. The van der Waals surface area contributed by atoms with E-state index in [0.717, 1.165) is 5.69 Å². The molecule has 0 radical (unpaired) electrons. The van der Waals surface area contributed by atoms with Crippen LogP contribution in [0.5, 0.6) is 0 Å². The highest BCUT2D eigenvalue weighted by atomic mass is 16.3. The van der Waals surface area contributed by atoms with Crippen LogP contribution in [0.3, 0.4) is 0 Å². The number of anilines is 3. The second kappa shape index (κ2) is 3.82. The van der Waals surface area contributed by atoms with Gasteiger partial charge >= 0.3 is 0 Å². The van der Waals surface area contributed by atoms with Gasteiger partial charge in [-0.3, -0.25) is 0 Å². The van der Waals surface area contributed by atoms with Crippen LogP contribution in [0.4, 0.5) is 17.1 Å². The molecule has 1 aromatic rings. The summed E-state index contributed by atoms with van der Waals surface area (Å²) in [5.74, 6) is 0. The Morgan fingerprint density at radius 2 is 2.00 bits per heavy atom. The summed E-state index contributed by atoms with van der Waals surface area (Å²) in [6.45, 7) is 0.619. The zero-order chi connectivity index (χ0) is 8.97. The number of hydrogen-bond donors (Lipinski definition) is 4. The molecule has 1 aromatic carbocycles. The van der Waals surface area contributed by atoms with E-state index in [1.54, 1.807) is 12.1 Å². The average molecular weight is 167 g/mol. The van der Waals surface area contributed by atoms with Gasteiger partial charge in [0.05, 0.1) is 18.0 Å². The summed E-state index contributed by atoms with van der Waals surface area (Å²) in [6, 6.07) is 5.29. The minimum Gasteiger partial charge on any atom is -0.397 e. The third-order valence-corrected chi connectivity index (χ3v) is 1.53. The largest absolute Gasteiger partial charge is 0.397 e. The van der Waals surface area contributed by atoms with Crippen LogP contribution < -0.4 is 16.8 Å². The molecule has 4 nitrogen and oxygen atoms in total. The molecule has 66 valence electrons. The monoisotopic (exact) mass is 167 g/mol. The van der Waals surface area contributed by atoms with Crippen LogP contribution >= 0.6 is 0 Å². The summed E-state index contributed by atoms with van der Waals surface area (Å²) >= 11 is 0. The fourth-order valence-electron chi connectivity index (χ4n) is 0.885. The maximum absolute atomic E-state index is 8.53. The van der Waals surface area contributed by atoms with Gasteiger partial charge in [0.25, 0.3) is 0 Å². The first kappa shape index (κ1) is 8.67. The molecule has 0 aliphatic carbocycles. The second-order valence-electron chi connectivity index (χ2n) is 2.49. The van der Waals surface area contributed by atoms with Crippen LogP contribution in [0.1, 0.15) is 0 Å². The molecule has 0 aliphatic heterocycles. The van der Waals surface area contributed by atoms with Gasteiger partial charge in [0, 0.05) is 12.2 Å². The molecule has 0 saturated carbocycles. The van der Waals surface area contributed by atoms with Crippen LogP contribution in [0.25, 0.3) is 0 Å². The first-order valence-electron chi connectivity index (χ1n) is 3.74. The number of nitrogens with two attached hydrogens (primary N) is 2. The van der Waals surface area contributed by atoms with Gasteiger partial charge in [-0.15, -0.1) is 0 Å². The molecule has 0 unspecified atom stereocenters. The van der Waals surface area contributed by atoms with E-state index >= 15 is 0 Å². The Balaban J connectivity index is 2.69. The predicted molar refractivity (Wildman–Crippen MR) is 50.8 cm³/mol. The van der Waals surface area contributed by atoms with Gasteiger partial charge in [0.1, 0.15) is 0 Å². The number of aliphatic hydroxyl groups excluding tert-OH is 1. The number of aliphatic hydroxyl groups is 1. The molecule has 0 heterocycles. The fraction of sp³-hybridized carbons (Fsp3) is 0.250. The molecule has 0 aliphatic rings. The molecular weight excluding hydrogens is 154 g/mol. The molecule has 0 bridgehead atoms. The third kappa shape index (κ3) is 2.03. The minimum absolute atomic E-state index is 0.101.